The number of hydrogen-bond donors (Lipinski definition) is 2. The van der Waals surface area contributed by atoms with Crippen LogP contribution in [0.3, 0.4) is 0 Å². The van der Waals surface area contributed by atoms with Gasteiger partial charge in [0.15, 0.2) is 5.13 Å². The number of benzene rings is 2. The van der Waals surface area contributed by atoms with Gasteiger partial charge in [0.1, 0.15) is 11.9 Å². The molecule has 0 radical (unpaired) electrons. The molecule has 1 saturated heterocycles. The fourth-order valence-electron chi connectivity index (χ4n) is 4.43. The highest BCUT2D eigenvalue weighted by Crippen LogP contribution is 2.31. The SMILES string of the molecule is Cc1cc(C)cc(OC(C)CN2CCC(N(C)c3nc4ccccc4s3)CC2)c1.O=C(O)C=CC(=O)O. The van der Waals surface area contributed by atoms with Crippen molar-refractivity contribution in [3.8, 4) is 5.75 Å². The van der Waals surface area contributed by atoms with Crippen molar-refractivity contribution in [1.29, 1.82) is 0 Å². The normalized spacial score (nSPS) is 15.2. The number of aryl methyl sites for hydroxylation is 2. The summed E-state index contributed by atoms with van der Waals surface area (Å²) in [6.07, 6.45) is 3.64. The van der Waals surface area contributed by atoms with Gasteiger partial charge in [-0.15, -0.1) is 0 Å². The molecule has 0 aliphatic carbocycles. The van der Waals surface area contributed by atoms with Crippen LogP contribution in [0.15, 0.2) is 54.6 Å². The summed E-state index contributed by atoms with van der Waals surface area (Å²) in [6.45, 7) is 9.62. The highest BCUT2D eigenvalue weighted by molar-refractivity contribution is 7.22. The predicted molar refractivity (Wildman–Crippen MR) is 148 cm³/mol. The molecule has 1 aromatic heterocycles. The molecule has 4 rings (SSSR count). The van der Waals surface area contributed by atoms with Gasteiger partial charge < -0.3 is 19.8 Å². The summed E-state index contributed by atoms with van der Waals surface area (Å²) in [4.78, 5) is 28.9. The highest BCUT2D eigenvalue weighted by atomic mass is 32.1. The zero-order valence-corrected chi connectivity index (χ0v) is 22.6. The van der Waals surface area contributed by atoms with Gasteiger partial charge >= 0.3 is 11.9 Å². The number of hydrogen-bond acceptors (Lipinski definition) is 7. The third-order valence-electron chi connectivity index (χ3n) is 6.11. The lowest BCUT2D eigenvalue weighted by atomic mass is 10.0. The van der Waals surface area contributed by atoms with Crippen LogP contribution in [0.4, 0.5) is 5.13 Å². The van der Waals surface area contributed by atoms with E-state index >= 15 is 0 Å². The number of carbonyl (C=O) groups is 2. The number of carboxylic acids is 2. The molecular weight excluding hydrogens is 490 g/mol. The van der Waals surface area contributed by atoms with Crippen LogP contribution >= 0.6 is 11.3 Å². The number of piperidine rings is 1. The molecule has 9 heteroatoms. The van der Waals surface area contributed by atoms with Crippen molar-refractivity contribution >= 4 is 38.6 Å². The van der Waals surface area contributed by atoms with E-state index < -0.39 is 11.9 Å². The Balaban J connectivity index is 0.000000414. The van der Waals surface area contributed by atoms with Gasteiger partial charge in [0.25, 0.3) is 0 Å². The van der Waals surface area contributed by atoms with Crippen LogP contribution in [-0.4, -0.2) is 70.9 Å². The summed E-state index contributed by atoms with van der Waals surface area (Å²) in [6, 6.07) is 15.4. The number of nitrogens with zero attached hydrogens (tertiary/aromatic N) is 3. The largest absolute Gasteiger partial charge is 0.489 e. The van der Waals surface area contributed by atoms with E-state index in [1.54, 1.807) is 11.3 Å². The molecule has 0 amide bonds. The number of carboxylic acid groups (broad SMARTS) is 2. The summed E-state index contributed by atoms with van der Waals surface area (Å²) < 4.78 is 7.46. The third kappa shape index (κ3) is 8.87. The number of aromatic nitrogens is 1. The number of thiazole rings is 1. The van der Waals surface area contributed by atoms with Crippen LogP contribution < -0.4 is 9.64 Å². The molecule has 3 aromatic rings. The van der Waals surface area contributed by atoms with Crippen LogP contribution in [0.5, 0.6) is 5.75 Å². The second-order valence-electron chi connectivity index (χ2n) is 9.37. The molecule has 198 valence electrons. The highest BCUT2D eigenvalue weighted by Gasteiger charge is 2.25. The molecule has 37 heavy (non-hydrogen) atoms. The molecule has 0 spiro atoms. The Morgan fingerprint density at radius 3 is 2.27 bits per heavy atom. The number of ether oxygens (including phenoxy) is 1. The van der Waals surface area contributed by atoms with E-state index in [0.29, 0.717) is 18.2 Å². The van der Waals surface area contributed by atoms with E-state index in [1.165, 1.54) is 28.7 Å². The molecule has 0 saturated carbocycles. The van der Waals surface area contributed by atoms with Crippen LogP contribution in [0.2, 0.25) is 0 Å². The Bertz CT molecular complexity index is 1160. The predicted octanol–water partition coefficient (Wildman–Crippen LogP) is 4.99. The monoisotopic (exact) mass is 525 g/mol. The Morgan fingerprint density at radius 1 is 1.11 bits per heavy atom. The summed E-state index contributed by atoms with van der Waals surface area (Å²) >= 11 is 1.80. The Kier molecular flexibility index (Phi) is 10.0. The minimum absolute atomic E-state index is 0.190. The number of rotatable bonds is 8. The molecule has 1 unspecified atom stereocenters. The van der Waals surface area contributed by atoms with Crippen LogP contribution in [0, 0.1) is 13.8 Å². The van der Waals surface area contributed by atoms with Crippen molar-refractivity contribution in [3.63, 3.8) is 0 Å². The van der Waals surface area contributed by atoms with E-state index in [0.717, 1.165) is 36.0 Å². The average Bonchev–Trinajstić information content (AvgIpc) is 3.27. The van der Waals surface area contributed by atoms with E-state index in [-0.39, 0.29) is 6.10 Å². The van der Waals surface area contributed by atoms with Crippen LogP contribution in [-0.2, 0) is 9.59 Å². The molecule has 2 N–H and O–H groups in total. The lowest BCUT2D eigenvalue weighted by Gasteiger charge is -2.37. The fraction of sp³-hybridized carbons (Fsp3) is 0.393. The van der Waals surface area contributed by atoms with Crippen LogP contribution in [0.1, 0.15) is 30.9 Å². The van der Waals surface area contributed by atoms with E-state index in [9.17, 15) is 9.59 Å². The topological polar surface area (TPSA) is 103 Å². The Hall–Kier alpha value is -3.43. The Morgan fingerprint density at radius 2 is 1.70 bits per heavy atom. The zero-order chi connectivity index (χ0) is 26.9. The maximum absolute atomic E-state index is 9.55. The first-order chi connectivity index (χ1) is 17.6. The molecule has 0 bridgehead atoms. The molecule has 1 atom stereocenters. The minimum Gasteiger partial charge on any atom is -0.489 e. The minimum atomic E-state index is -1.26. The van der Waals surface area contributed by atoms with Crippen molar-refractivity contribution in [3.05, 3.63) is 65.7 Å². The van der Waals surface area contributed by atoms with Gasteiger partial charge in [-0.05, 0) is 69.0 Å². The van der Waals surface area contributed by atoms with Gasteiger partial charge in [-0.3, -0.25) is 4.90 Å². The van der Waals surface area contributed by atoms with Gasteiger partial charge in [-0.1, -0.05) is 29.5 Å². The first-order valence-electron chi connectivity index (χ1n) is 12.3. The van der Waals surface area contributed by atoms with E-state index in [4.69, 9.17) is 19.9 Å². The summed E-state index contributed by atoms with van der Waals surface area (Å²) in [5.41, 5.74) is 3.62. The van der Waals surface area contributed by atoms with Gasteiger partial charge in [-0.25, -0.2) is 14.6 Å². The number of anilines is 1. The second kappa shape index (κ2) is 13.2. The molecule has 1 aliphatic rings. The quantitative estimate of drug-likeness (QED) is 0.397. The fourth-order valence-corrected chi connectivity index (χ4v) is 5.43. The number of fused-ring (bicyclic) bond motifs is 1. The summed E-state index contributed by atoms with van der Waals surface area (Å²) in [5, 5.41) is 16.8. The molecule has 2 heterocycles. The summed E-state index contributed by atoms with van der Waals surface area (Å²) in [7, 11) is 2.20. The van der Waals surface area contributed by atoms with Crippen molar-refractivity contribution in [2.45, 2.75) is 45.8 Å². The smallest absolute Gasteiger partial charge is 0.328 e. The molecular formula is C28H35N3O5S. The van der Waals surface area contributed by atoms with E-state index in [1.807, 2.05) is 0 Å². The van der Waals surface area contributed by atoms with Gasteiger partial charge in [0.2, 0.25) is 0 Å². The van der Waals surface area contributed by atoms with Crippen molar-refractivity contribution in [2.24, 2.45) is 0 Å². The first-order valence-corrected chi connectivity index (χ1v) is 13.1. The van der Waals surface area contributed by atoms with Crippen LogP contribution in [0.25, 0.3) is 10.2 Å². The first kappa shape index (κ1) is 28.1. The van der Waals surface area contributed by atoms with Gasteiger partial charge in [-0.2, -0.15) is 0 Å². The molecule has 8 nitrogen and oxygen atoms in total. The third-order valence-corrected chi connectivity index (χ3v) is 7.23. The van der Waals surface area contributed by atoms with Crippen molar-refractivity contribution in [1.82, 2.24) is 9.88 Å². The maximum atomic E-state index is 9.55. The van der Waals surface area contributed by atoms with Crippen molar-refractivity contribution < 1.29 is 24.5 Å². The number of likely N-dealkylation sites (tertiary alicyclic amines) is 1. The molecule has 2 aromatic carbocycles. The van der Waals surface area contributed by atoms with Crippen molar-refractivity contribution in [2.75, 3.05) is 31.6 Å². The average molecular weight is 526 g/mol. The standard InChI is InChI=1S/C24H31N3OS.C4H4O4/c1-17-13-18(2)15-21(14-17)28-19(3)16-27-11-9-20(10-12-27)26(4)24-25-22-7-5-6-8-23(22)29-24;5-3(6)1-2-4(7)8/h5-8,13-15,19-20H,9-12,16H2,1-4H3;1-2H,(H,5,6)(H,7,8). The maximum Gasteiger partial charge on any atom is 0.328 e. The second-order valence-corrected chi connectivity index (χ2v) is 10.4. The lowest BCUT2D eigenvalue weighted by molar-refractivity contribution is -0.134. The molecule has 1 aliphatic heterocycles. The van der Waals surface area contributed by atoms with Gasteiger partial charge in [0.05, 0.1) is 10.2 Å². The number of aliphatic carboxylic acids is 2. The Labute approximate surface area is 221 Å². The lowest BCUT2D eigenvalue weighted by Crippen LogP contribution is -2.46. The molecule has 1 fully saturated rings. The number of para-hydroxylation sites is 1. The zero-order valence-electron chi connectivity index (χ0n) is 21.8. The van der Waals surface area contributed by atoms with Gasteiger partial charge in [0, 0.05) is 44.9 Å². The van der Waals surface area contributed by atoms with E-state index in [2.05, 4.69) is 80.1 Å². The summed E-state index contributed by atoms with van der Waals surface area (Å²) in [5.74, 6) is -1.53.